The largest absolute Gasteiger partial charge is 0.472 e. The van der Waals surface area contributed by atoms with E-state index in [4.69, 9.17) is 4.74 Å². The molecular weight excluding hydrogens is 418 g/mol. The predicted molar refractivity (Wildman–Crippen MR) is 125 cm³/mol. The first-order valence-electron chi connectivity index (χ1n) is 12.2. The highest BCUT2D eigenvalue weighted by atomic mass is 16.5. The smallest absolute Gasteiger partial charge is 0.259 e. The molecule has 0 spiro atoms. The molecule has 1 aromatic heterocycles. The number of fused-ring (bicyclic) bond motifs is 1. The molecule has 2 saturated carbocycles. The molecule has 0 radical (unpaired) electrons. The van der Waals surface area contributed by atoms with Gasteiger partial charge in [-0.15, -0.1) is 0 Å². The van der Waals surface area contributed by atoms with Gasteiger partial charge in [-0.05, 0) is 38.7 Å². The number of aliphatic hydroxyl groups excluding tert-OH is 1. The number of amides is 2. The lowest BCUT2D eigenvalue weighted by molar-refractivity contribution is -0.132. The summed E-state index contributed by atoms with van der Waals surface area (Å²) in [5, 5.41) is 9.80. The van der Waals surface area contributed by atoms with Crippen molar-refractivity contribution < 1.29 is 19.4 Å². The van der Waals surface area contributed by atoms with E-state index in [0.717, 1.165) is 25.7 Å². The van der Waals surface area contributed by atoms with Crippen LogP contribution in [-0.4, -0.2) is 70.6 Å². The van der Waals surface area contributed by atoms with E-state index < -0.39 is 0 Å². The van der Waals surface area contributed by atoms with Crippen LogP contribution in [0.2, 0.25) is 0 Å². The summed E-state index contributed by atoms with van der Waals surface area (Å²) in [5.41, 5.74) is 1.06. The summed E-state index contributed by atoms with van der Waals surface area (Å²) in [6, 6.07) is 1.42. The molecule has 2 heterocycles. The fourth-order valence-electron chi connectivity index (χ4n) is 4.65. The van der Waals surface area contributed by atoms with Gasteiger partial charge < -0.3 is 19.6 Å². The summed E-state index contributed by atoms with van der Waals surface area (Å²) in [5.74, 6) is 7.23. The molecular formula is C26H35N3O4. The van der Waals surface area contributed by atoms with E-state index in [1.807, 2.05) is 20.9 Å². The molecule has 1 aliphatic heterocycles. The normalized spacial score (nSPS) is 24.1. The first kappa shape index (κ1) is 23.6. The summed E-state index contributed by atoms with van der Waals surface area (Å²) in [6.45, 7) is 4.57. The van der Waals surface area contributed by atoms with Crippen molar-refractivity contribution in [2.75, 3.05) is 26.7 Å². The molecule has 33 heavy (non-hydrogen) atoms. The van der Waals surface area contributed by atoms with E-state index in [2.05, 4.69) is 16.8 Å². The Bertz CT molecular complexity index is 943. The maximum absolute atomic E-state index is 13.5. The van der Waals surface area contributed by atoms with Gasteiger partial charge in [0.1, 0.15) is 11.7 Å². The molecule has 3 aliphatic rings. The number of likely N-dealkylation sites (N-methyl/N-ethyl adjacent to an activating group) is 1. The fourth-order valence-corrected chi connectivity index (χ4v) is 4.65. The van der Waals surface area contributed by atoms with E-state index in [0.29, 0.717) is 30.1 Å². The van der Waals surface area contributed by atoms with Gasteiger partial charge in [-0.2, -0.15) is 0 Å². The average Bonchev–Trinajstić information content (AvgIpc) is 3.54. The quantitative estimate of drug-likeness (QED) is 0.693. The van der Waals surface area contributed by atoms with Gasteiger partial charge in [-0.25, -0.2) is 4.98 Å². The number of aliphatic hydroxyl groups is 1. The maximum atomic E-state index is 13.5. The van der Waals surface area contributed by atoms with Crippen LogP contribution in [0.25, 0.3) is 0 Å². The van der Waals surface area contributed by atoms with Crippen molar-refractivity contribution >= 4 is 11.8 Å². The molecule has 3 atom stereocenters. The number of aromatic nitrogens is 1. The van der Waals surface area contributed by atoms with Gasteiger partial charge in [-0.1, -0.05) is 31.6 Å². The van der Waals surface area contributed by atoms with Crippen molar-refractivity contribution in [1.29, 1.82) is 0 Å². The third-order valence-corrected chi connectivity index (χ3v) is 7.05. The number of hydrogen-bond acceptors (Lipinski definition) is 5. The predicted octanol–water partition coefficient (Wildman–Crippen LogP) is 2.71. The first-order chi connectivity index (χ1) is 15.9. The highest BCUT2D eigenvalue weighted by Crippen LogP contribution is 2.32. The minimum atomic E-state index is -0.342. The van der Waals surface area contributed by atoms with Crippen molar-refractivity contribution in [2.45, 2.75) is 64.5 Å². The van der Waals surface area contributed by atoms with Gasteiger partial charge in [0.2, 0.25) is 11.8 Å². The molecule has 4 rings (SSSR count). The third kappa shape index (κ3) is 5.50. The summed E-state index contributed by atoms with van der Waals surface area (Å²) in [7, 11) is 1.81. The van der Waals surface area contributed by atoms with E-state index in [-0.39, 0.29) is 48.3 Å². The highest BCUT2D eigenvalue weighted by Gasteiger charge is 2.37. The van der Waals surface area contributed by atoms with Crippen LogP contribution in [-0.2, 0) is 4.79 Å². The van der Waals surface area contributed by atoms with Gasteiger partial charge in [0.25, 0.3) is 5.91 Å². The monoisotopic (exact) mass is 453 g/mol. The van der Waals surface area contributed by atoms with Crippen LogP contribution in [0.5, 0.6) is 5.88 Å². The molecule has 0 saturated heterocycles. The molecule has 7 nitrogen and oxygen atoms in total. The molecule has 178 valence electrons. The zero-order valence-corrected chi connectivity index (χ0v) is 19.9. The number of rotatable bonds is 5. The minimum absolute atomic E-state index is 0.0470. The first-order valence-corrected chi connectivity index (χ1v) is 12.2. The number of pyridine rings is 1. The van der Waals surface area contributed by atoms with Crippen molar-refractivity contribution in [3.63, 3.8) is 0 Å². The molecule has 2 amide bonds. The number of ether oxygens (including phenoxy) is 1. The summed E-state index contributed by atoms with van der Waals surface area (Å²) < 4.78 is 6.27. The van der Waals surface area contributed by atoms with Crippen LogP contribution in [0, 0.1) is 29.6 Å². The average molecular weight is 454 g/mol. The van der Waals surface area contributed by atoms with Crippen LogP contribution < -0.4 is 4.74 Å². The maximum Gasteiger partial charge on any atom is 0.259 e. The van der Waals surface area contributed by atoms with Gasteiger partial charge in [0.05, 0.1) is 19.2 Å². The van der Waals surface area contributed by atoms with Crippen molar-refractivity contribution in [1.82, 2.24) is 14.8 Å². The van der Waals surface area contributed by atoms with Gasteiger partial charge in [-0.3, -0.25) is 9.59 Å². The van der Waals surface area contributed by atoms with E-state index in [9.17, 15) is 14.7 Å². The molecule has 7 heteroatoms. The molecule has 2 aliphatic carbocycles. The Kier molecular flexibility index (Phi) is 7.23. The lowest BCUT2D eigenvalue weighted by atomic mass is 9.99. The van der Waals surface area contributed by atoms with Crippen LogP contribution in [0.3, 0.4) is 0 Å². The molecule has 1 N–H and O–H groups in total. The van der Waals surface area contributed by atoms with Crippen LogP contribution in [0.4, 0.5) is 0 Å². The van der Waals surface area contributed by atoms with Crippen molar-refractivity contribution in [2.24, 2.45) is 17.8 Å². The number of hydrogen-bond donors (Lipinski definition) is 1. The van der Waals surface area contributed by atoms with Gasteiger partial charge in [0.15, 0.2) is 0 Å². The van der Waals surface area contributed by atoms with Crippen LogP contribution >= 0.6 is 0 Å². The van der Waals surface area contributed by atoms with E-state index in [1.165, 1.54) is 12.8 Å². The Hall–Kier alpha value is -2.59. The Morgan fingerprint density at radius 2 is 2.06 bits per heavy atom. The zero-order valence-electron chi connectivity index (χ0n) is 19.9. The van der Waals surface area contributed by atoms with Gasteiger partial charge in [0, 0.05) is 43.1 Å². The van der Waals surface area contributed by atoms with Crippen molar-refractivity contribution in [3.05, 3.63) is 23.4 Å². The molecule has 0 bridgehead atoms. The number of carbonyl (C=O) groups excluding carboxylic acids is 2. The fraction of sp³-hybridized carbons (Fsp3) is 0.654. The lowest BCUT2D eigenvalue weighted by Gasteiger charge is -2.37. The Balaban J connectivity index is 1.62. The SMILES string of the molecule is C[C@H](CO)N1C[C@H](C)[C@@H](CN(C)C(=O)C2CC2)Oc2ncc(C#CC3CCCC3)cc2C1=O. The van der Waals surface area contributed by atoms with E-state index >= 15 is 0 Å². The Labute approximate surface area is 196 Å². The third-order valence-electron chi connectivity index (χ3n) is 7.05. The summed E-state index contributed by atoms with van der Waals surface area (Å²) in [4.78, 5) is 33.9. The van der Waals surface area contributed by atoms with Crippen LogP contribution in [0.1, 0.15) is 68.3 Å². The van der Waals surface area contributed by atoms with Crippen molar-refractivity contribution in [3.8, 4) is 17.7 Å². The summed E-state index contributed by atoms with van der Waals surface area (Å²) >= 11 is 0. The Morgan fingerprint density at radius 3 is 2.73 bits per heavy atom. The second kappa shape index (κ2) is 10.1. The van der Waals surface area contributed by atoms with Gasteiger partial charge >= 0.3 is 0 Å². The second-order valence-electron chi connectivity index (χ2n) is 9.94. The Morgan fingerprint density at radius 1 is 1.33 bits per heavy atom. The molecule has 2 fully saturated rings. The number of carbonyl (C=O) groups is 2. The molecule has 0 aromatic carbocycles. The minimum Gasteiger partial charge on any atom is -0.472 e. The molecule has 1 aromatic rings. The second-order valence-corrected chi connectivity index (χ2v) is 9.94. The summed E-state index contributed by atoms with van der Waals surface area (Å²) in [6.07, 6.45) is 7.95. The topological polar surface area (TPSA) is 83.0 Å². The number of nitrogens with zero attached hydrogens (tertiary/aromatic N) is 3. The highest BCUT2D eigenvalue weighted by molar-refractivity contribution is 5.97. The zero-order chi connectivity index (χ0) is 23.5. The molecule has 0 unspecified atom stereocenters. The van der Waals surface area contributed by atoms with Crippen LogP contribution in [0.15, 0.2) is 12.3 Å². The standard InChI is InChI=1S/C26H35N3O4/c1-17-14-29(18(2)16-30)26(32)22-12-20(9-8-19-6-4-5-7-19)13-27-24(22)33-23(17)15-28(3)25(31)21-10-11-21/h12-13,17-19,21,23,30H,4-7,10-11,14-16H2,1-3H3/t17-,18+,23+/m0/s1. The van der Waals surface area contributed by atoms with E-state index in [1.54, 1.807) is 22.1 Å². The lowest BCUT2D eigenvalue weighted by Crippen LogP contribution is -2.50.